The molecule has 0 heterocycles. The highest BCUT2D eigenvalue weighted by Gasteiger charge is 2.16. The number of hydrogen-bond donors (Lipinski definition) is 4. The molecule has 0 fully saturated rings. The Morgan fingerprint density at radius 1 is 1.05 bits per heavy atom. The molecule has 7 nitrogen and oxygen atoms in total. The number of rotatable bonds is 8. The van der Waals surface area contributed by atoms with E-state index in [0.29, 0.717) is 12.8 Å². The first-order valence-corrected chi connectivity index (χ1v) is 6.79. The maximum absolute atomic E-state index is 11.6. The molecule has 0 aromatic rings. The molecule has 0 aliphatic carbocycles. The van der Waals surface area contributed by atoms with E-state index in [-0.39, 0.29) is 17.9 Å². The van der Waals surface area contributed by atoms with E-state index < -0.39 is 18.0 Å². The molecule has 0 bridgehead atoms. The summed E-state index contributed by atoms with van der Waals surface area (Å²) < 4.78 is 0. The Kier molecular flexibility index (Phi) is 8.35. The Balaban J connectivity index is 3.91. The summed E-state index contributed by atoms with van der Waals surface area (Å²) in [6.07, 6.45) is 2.00. The fraction of sp³-hybridized carbons (Fsp3) is 0.769. The molecule has 3 amide bonds. The van der Waals surface area contributed by atoms with Crippen molar-refractivity contribution >= 4 is 17.9 Å². The molecular formula is C13H25N3O4. The summed E-state index contributed by atoms with van der Waals surface area (Å²) in [6, 6.07) is -1.08. The van der Waals surface area contributed by atoms with Crippen LogP contribution in [0.25, 0.3) is 0 Å². The van der Waals surface area contributed by atoms with Crippen LogP contribution in [0.4, 0.5) is 4.79 Å². The molecule has 0 saturated carbocycles. The van der Waals surface area contributed by atoms with Crippen molar-refractivity contribution in [1.82, 2.24) is 16.0 Å². The van der Waals surface area contributed by atoms with Crippen molar-refractivity contribution < 1.29 is 19.5 Å². The van der Waals surface area contributed by atoms with Gasteiger partial charge in [-0.1, -0.05) is 13.3 Å². The summed E-state index contributed by atoms with van der Waals surface area (Å²) in [6.45, 7) is 5.10. The zero-order valence-corrected chi connectivity index (χ0v) is 12.5. The number of likely N-dealkylation sites (N-methyl/N-ethyl adjacent to an activating group) is 1. The highest BCUT2D eigenvalue weighted by molar-refractivity contribution is 5.86. The molecule has 0 aliphatic heterocycles. The van der Waals surface area contributed by atoms with E-state index in [0.717, 1.165) is 6.42 Å². The summed E-state index contributed by atoms with van der Waals surface area (Å²) >= 11 is 0. The zero-order valence-electron chi connectivity index (χ0n) is 12.5. The fourth-order valence-electron chi connectivity index (χ4n) is 1.67. The second-order valence-corrected chi connectivity index (χ2v) is 5.02. The highest BCUT2D eigenvalue weighted by Crippen LogP contribution is 2.09. The summed E-state index contributed by atoms with van der Waals surface area (Å²) in [5.74, 6) is -1.44. The van der Waals surface area contributed by atoms with Crippen LogP contribution in [-0.4, -0.2) is 42.1 Å². The summed E-state index contributed by atoms with van der Waals surface area (Å²) in [7, 11) is 1.50. The number of urea groups is 1. The van der Waals surface area contributed by atoms with E-state index >= 15 is 0 Å². The van der Waals surface area contributed by atoms with E-state index in [4.69, 9.17) is 5.11 Å². The van der Waals surface area contributed by atoms with Crippen LogP contribution < -0.4 is 16.0 Å². The minimum atomic E-state index is -0.803. The Labute approximate surface area is 119 Å². The maximum atomic E-state index is 11.6. The van der Waals surface area contributed by atoms with Crippen molar-refractivity contribution in [3.63, 3.8) is 0 Å². The van der Waals surface area contributed by atoms with Crippen molar-refractivity contribution in [3.8, 4) is 0 Å². The molecule has 0 radical (unpaired) electrons. The largest absolute Gasteiger partial charge is 0.481 e. The van der Waals surface area contributed by atoms with Gasteiger partial charge in [0.15, 0.2) is 0 Å². The number of carbonyl (C=O) groups excluding carboxylic acids is 2. The lowest BCUT2D eigenvalue weighted by Gasteiger charge is -2.17. The lowest BCUT2D eigenvalue weighted by molar-refractivity contribution is -0.141. The quantitative estimate of drug-likeness (QED) is 0.527. The van der Waals surface area contributed by atoms with E-state index in [1.807, 2.05) is 6.92 Å². The van der Waals surface area contributed by atoms with Crippen molar-refractivity contribution in [1.29, 1.82) is 0 Å². The molecule has 7 heteroatoms. The van der Waals surface area contributed by atoms with Crippen molar-refractivity contribution in [2.75, 3.05) is 7.05 Å². The number of carbonyl (C=O) groups is 3. The molecule has 0 aliphatic rings. The van der Waals surface area contributed by atoms with E-state index in [1.165, 1.54) is 7.05 Å². The van der Waals surface area contributed by atoms with Gasteiger partial charge in [0.2, 0.25) is 5.91 Å². The maximum Gasteiger partial charge on any atom is 0.315 e. The van der Waals surface area contributed by atoms with Crippen LogP contribution in [0.3, 0.4) is 0 Å². The Hall–Kier alpha value is -1.79. The van der Waals surface area contributed by atoms with Gasteiger partial charge >= 0.3 is 12.0 Å². The van der Waals surface area contributed by atoms with Gasteiger partial charge in [-0.25, -0.2) is 4.79 Å². The number of aliphatic carboxylic acids is 1. The van der Waals surface area contributed by atoms with Crippen LogP contribution in [0.2, 0.25) is 0 Å². The number of carboxylic acids is 1. The SMILES string of the molecule is CNC(=O)C(C)NC(=O)NC(C)CCCC(C)C(=O)O. The molecule has 20 heavy (non-hydrogen) atoms. The molecule has 0 rings (SSSR count). The van der Waals surface area contributed by atoms with Gasteiger partial charge in [-0.3, -0.25) is 9.59 Å². The van der Waals surface area contributed by atoms with E-state index in [1.54, 1.807) is 13.8 Å². The Bertz CT molecular complexity index is 347. The van der Waals surface area contributed by atoms with Gasteiger partial charge in [0.25, 0.3) is 0 Å². The number of hydrogen-bond acceptors (Lipinski definition) is 3. The fourth-order valence-corrected chi connectivity index (χ4v) is 1.67. The van der Waals surface area contributed by atoms with Crippen molar-refractivity contribution in [2.45, 2.75) is 52.1 Å². The van der Waals surface area contributed by atoms with Crippen LogP contribution in [0.5, 0.6) is 0 Å². The van der Waals surface area contributed by atoms with Gasteiger partial charge in [0, 0.05) is 13.1 Å². The standard InChI is InChI=1S/C13H25N3O4/c1-8(12(18)19)6-5-7-9(2)15-13(20)16-10(3)11(17)14-4/h8-10H,5-7H2,1-4H3,(H,14,17)(H,18,19)(H2,15,16,20). The van der Waals surface area contributed by atoms with Crippen molar-refractivity contribution in [2.24, 2.45) is 5.92 Å². The van der Waals surface area contributed by atoms with Crippen LogP contribution in [0.15, 0.2) is 0 Å². The predicted octanol–water partition coefficient (Wildman–Crippen LogP) is 0.700. The molecule has 0 aromatic heterocycles. The third-order valence-electron chi connectivity index (χ3n) is 3.06. The first kappa shape index (κ1) is 18.2. The summed E-state index contributed by atoms with van der Waals surface area (Å²) in [5.41, 5.74) is 0. The first-order valence-electron chi connectivity index (χ1n) is 6.79. The molecule has 0 aromatic carbocycles. The topological polar surface area (TPSA) is 108 Å². The van der Waals surface area contributed by atoms with Gasteiger partial charge in [-0.2, -0.15) is 0 Å². The molecule has 116 valence electrons. The number of carboxylic acid groups (broad SMARTS) is 1. The summed E-state index contributed by atoms with van der Waals surface area (Å²) in [5, 5.41) is 16.4. The average Bonchev–Trinajstić information content (AvgIpc) is 2.36. The molecule has 3 unspecified atom stereocenters. The smallest absolute Gasteiger partial charge is 0.315 e. The highest BCUT2D eigenvalue weighted by atomic mass is 16.4. The lowest BCUT2D eigenvalue weighted by atomic mass is 10.0. The van der Waals surface area contributed by atoms with Crippen LogP contribution >= 0.6 is 0 Å². The van der Waals surface area contributed by atoms with Crippen LogP contribution in [-0.2, 0) is 9.59 Å². The van der Waals surface area contributed by atoms with Gasteiger partial charge in [-0.05, 0) is 26.7 Å². The van der Waals surface area contributed by atoms with Crippen LogP contribution in [0.1, 0.15) is 40.0 Å². The third-order valence-corrected chi connectivity index (χ3v) is 3.06. The van der Waals surface area contributed by atoms with Gasteiger partial charge in [0.05, 0.1) is 5.92 Å². The Morgan fingerprint density at radius 3 is 2.15 bits per heavy atom. The molecule has 0 spiro atoms. The van der Waals surface area contributed by atoms with E-state index in [9.17, 15) is 14.4 Å². The number of nitrogens with one attached hydrogen (secondary N) is 3. The van der Waals surface area contributed by atoms with E-state index in [2.05, 4.69) is 16.0 Å². The molecule has 3 atom stereocenters. The third kappa shape index (κ3) is 7.60. The summed E-state index contributed by atoms with van der Waals surface area (Å²) in [4.78, 5) is 33.5. The van der Waals surface area contributed by atoms with Crippen LogP contribution in [0, 0.1) is 5.92 Å². The zero-order chi connectivity index (χ0) is 15.7. The minimum Gasteiger partial charge on any atom is -0.481 e. The molecular weight excluding hydrogens is 262 g/mol. The lowest BCUT2D eigenvalue weighted by Crippen LogP contribution is -2.49. The second-order valence-electron chi connectivity index (χ2n) is 5.02. The van der Waals surface area contributed by atoms with Gasteiger partial charge in [-0.15, -0.1) is 0 Å². The average molecular weight is 287 g/mol. The number of amides is 3. The normalized spacial score (nSPS) is 14.8. The molecule has 0 saturated heterocycles. The molecule has 4 N–H and O–H groups in total. The van der Waals surface area contributed by atoms with Crippen molar-refractivity contribution in [3.05, 3.63) is 0 Å². The van der Waals surface area contributed by atoms with Gasteiger partial charge in [0.1, 0.15) is 6.04 Å². The predicted molar refractivity (Wildman–Crippen MR) is 75.3 cm³/mol. The Morgan fingerprint density at radius 2 is 1.65 bits per heavy atom. The minimum absolute atomic E-state index is 0.0760. The first-order chi connectivity index (χ1) is 9.27. The van der Waals surface area contributed by atoms with Gasteiger partial charge < -0.3 is 21.1 Å². The second kappa shape index (κ2) is 9.17. The monoisotopic (exact) mass is 287 g/mol.